The molecule has 0 radical (unpaired) electrons. The van der Waals surface area contributed by atoms with Crippen LogP contribution in [0.5, 0.6) is 0 Å². The van der Waals surface area contributed by atoms with Crippen LogP contribution in [0.3, 0.4) is 0 Å². The highest BCUT2D eigenvalue weighted by molar-refractivity contribution is 7.71. The first-order valence-electron chi connectivity index (χ1n) is 7.29. The topological polar surface area (TPSA) is 82.0 Å². The van der Waals surface area contributed by atoms with Crippen molar-refractivity contribution in [2.24, 2.45) is 5.73 Å². The predicted octanol–water partition coefficient (Wildman–Crippen LogP) is 2.80. The summed E-state index contributed by atoms with van der Waals surface area (Å²) >= 11 is 5.26. The van der Waals surface area contributed by atoms with Crippen LogP contribution in [0.15, 0.2) is 53.1 Å². The van der Waals surface area contributed by atoms with E-state index >= 15 is 0 Å². The predicted molar refractivity (Wildman–Crippen MR) is 88.2 cm³/mol. The lowest BCUT2D eigenvalue weighted by Crippen LogP contribution is -2.22. The van der Waals surface area contributed by atoms with Crippen molar-refractivity contribution < 1.29 is 9.15 Å². The molecule has 120 valence electrons. The van der Waals surface area contributed by atoms with Gasteiger partial charge in [0.1, 0.15) is 5.76 Å². The summed E-state index contributed by atoms with van der Waals surface area (Å²) in [6.45, 7) is 1.36. The molecule has 0 saturated carbocycles. The Hall–Kier alpha value is -2.22. The summed E-state index contributed by atoms with van der Waals surface area (Å²) in [6.07, 6.45) is 1.63. The number of furan rings is 1. The van der Waals surface area contributed by atoms with E-state index in [1.807, 2.05) is 47.0 Å². The highest BCUT2D eigenvalue weighted by Crippen LogP contribution is 2.13. The van der Waals surface area contributed by atoms with Crippen LogP contribution in [-0.2, 0) is 17.9 Å². The minimum atomic E-state index is -0.373. The first-order chi connectivity index (χ1) is 11.2. The number of benzene rings is 1. The standard InChI is InChI=1S/C16H18N4O2S/c17-14(11-21-10-12-5-2-1-3-6-12)15-18-19-16(23)20(15)9-13-7-4-8-22-13/h1-8,14H,9-11,17H2,(H,19,23). The first-order valence-corrected chi connectivity index (χ1v) is 7.69. The number of aromatic amines is 1. The molecule has 3 aromatic rings. The molecule has 0 aliphatic heterocycles. The SMILES string of the molecule is NC(COCc1ccccc1)c1n[nH]c(=S)n1Cc1ccco1. The third-order valence-corrected chi connectivity index (χ3v) is 3.73. The summed E-state index contributed by atoms with van der Waals surface area (Å²) in [5.41, 5.74) is 7.30. The van der Waals surface area contributed by atoms with Crippen molar-refractivity contribution in [2.75, 3.05) is 6.61 Å². The fourth-order valence-electron chi connectivity index (χ4n) is 2.28. The summed E-state index contributed by atoms with van der Waals surface area (Å²) in [5.74, 6) is 1.45. The molecule has 0 amide bonds. The van der Waals surface area contributed by atoms with E-state index in [9.17, 15) is 0 Å². The molecule has 7 heteroatoms. The van der Waals surface area contributed by atoms with Gasteiger partial charge in [0.25, 0.3) is 0 Å². The van der Waals surface area contributed by atoms with Gasteiger partial charge in [-0.3, -0.25) is 9.67 Å². The van der Waals surface area contributed by atoms with Gasteiger partial charge in [0.15, 0.2) is 10.6 Å². The summed E-state index contributed by atoms with van der Waals surface area (Å²) < 4.78 is 13.4. The van der Waals surface area contributed by atoms with Gasteiger partial charge in [0, 0.05) is 0 Å². The molecule has 0 saturated heterocycles. The van der Waals surface area contributed by atoms with E-state index in [2.05, 4.69) is 10.2 Å². The monoisotopic (exact) mass is 330 g/mol. The minimum Gasteiger partial charge on any atom is -0.467 e. The van der Waals surface area contributed by atoms with E-state index in [1.165, 1.54) is 0 Å². The molecule has 1 unspecified atom stereocenters. The van der Waals surface area contributed by atoms with Gasteiger partial charge in [0.2, 0.25) is 0 Å². The lowest BCUT2D eigenvalue weighted by Gasteiger charge is -2.13. The van der Waals surface area contributed by atoms with Gasteiger partial charge in [-0.05, 0) is 29.9 Å². The molecule has 0 aliphatic carbocycles. The van der Waals surface area contributed by atoms with Crippen molar-refractivity contribution in [1.82, 2.24) is 14.8 Å². The van der Waals surface area contributed by atoms with Crippen LogP contribution in [0.2, 0.25) is 0 Å². The van der Waals surface area contributed by atoms with E-state index in [0.29, 0.717) is 30.4 Å². The molecule has 23 heavy (non-hydrogen) atoms. The second-order valence-corrected chi connectivity index (χ2v) is 5.55. The van der Waals surface area contributed by atoms with E-state index in [0.717, 1.165) is 11.3 Å². The number of aromatic nitrogens is 3. The third kappa shape index (κ3) is 3.95. The molecule has 1 atom stereocenters. The minimum absolute atomic E-state index is 0.354. The van der Waals surface area contributed by atoms with Gasteiger partial charge in [-0.25, -0.2) is 0 Å². The Morgan fingerprint density at radius 1 is 1.26 bits per heavy atom. The smallest absolute Gasteiger partial charge is 0.195 e. The molecular formula is C16H18N4O2S. The van der Waals surface area contributed by atoms with E-state index in [1.54, 1.807) is 6.26 Å². The van der Waals surface area contributed by atoms with Crippen molar-refractivity contribution in [2.45, 2.75) is 19.2 Å². The Balaban J connectivity index is 1.63. The van der Waals surface area contributed by atoms with Crippen molar-refractivity contribution in [3.63, 3.8) is 0 Å². The number of nitrogens with one attached hydrogen (secondary N) is 1. The zero-order valence-corrected chi connectivity index (χ0v) is 13.3. The van der Waals surface area contributed by atoms with Gasteiger partial charge in [-0.15, -0.1) is 0 Å². The molecule has 6 nitrogen and oxygen atoms in total. The molecule has 0 fully saturated rings. The number of ether oxygens (including phenoxy) is 1. The second kappa shape index (κ2) is 7.36. The van der Waals surface area contributed by atoms with Crippen molar-refractivity contribution in [3.8, 4) is 0 Å². The Bertz CT molecular complexity index is 780. The Labute approximate surface area is 138 Å². The van der Waals surface area contributed by atoms with E-state index in [4.69, 9.17) is 27.1 Å². The van der Waals surface area contributed by atoms with Crippen molar-refractivity contribution >= 4 is 12.2 Å². The molecule has 0 bridgehead atoms. The van der Waals surface area contributed by atoms with Gasteiger partial charge in [0.05, 0.1) is 32.1 Å². The van der Waals surface area contributed by atoms with Crippen LogP contribution in [0.4, 0.5) is 0 Å². The number of H-pyrrole nitrogens is 1. The third-order valence-electron chi connectivity index (χ3n) is 3.42. The van der Waals surface area contributed by atoms with Crippen molar-refractivity contribution in [3.05, 3.63) is 70.6 Å². The number of hydrogen-bond donors (Lipinski definition) is 2. The fourth-order valence-corrected chi connectivity index (χ4v) is 2.48. The summed E-state index contributed by atoms with van der Waals surface area (Å²) in [6, 6.07) is 13.3. The summed E-state index contributed by atoms with van der Waals surface area (Å²) in [7, 11) is 0. The molecule has 3 N–H and O–H groups in total. The summed E-state index contributed by atoms with van der Waals surface area (Å²) in [4.78, 5) is 0. The Morgan fingerprint density at radius 3 is 2.83 bits per heavy atom. The maximum absolute atomic E-state index is 6.20. The highest BCUT2D eigenvalue weighted by Gasteiger charge is 2.16. The number of hydrogen-bond acceptors (Lipinski definition) is 5. The second-order valence-electron chi connectivity index (χ2n) is 5.16. The van der Waals surface area contributed by atoms with Gasteiger partial charge in [-0.2, -0.15) is 5.10 Å². The molecular weight excluding hydrogens is 312 g/mol. The van der Waals surface area contributed by atoms with Crippen LogP contribution >= 0.6 is 12.2 Å². The average molecular weight is 330 g/mol. The molecule has 0 aliphatic rings. The molecule has 1 aromatic carbocycles. The quantitative estimate of drug-likeness (QED) is 0.651. The molecule has 3 rings (SSSR count). The Morgan fingerprint density at radius 2 is 2.09 bits per heavy atom. The fraction of sp³-hybridized carbons (Fsp3) is 0.250. The lowest BCUT2D eigenvalue weighted by molar-refractivity contribution is 0.105. The van der Waals surface area contributed by atoms with E-state index < -0.39 is 0 Å². The van der Waals surface area contributed by atoms with Gasteiger partial charge < -0.3 is 14.9 Å². The zero-order valence-electron chi connectivity index (χ0n) is 12.5. The van der Waals surface area contributed by atoms with Gasteiger partial charge in [-0.1, -0.05) is 30.3 Å². The molecule has 2 aromatic heterocycles. The van der Waals surface area contributed by atoms with Crippen molar-refractivity contribution in [1.29, 1.82) is 0 Å². The highest BCUT2D eigenvalue weighted by atomic mass is 32.1. The number of nitrogens with zero attached hydrogens (tertiary/aromatic N) is 2. The normalized spacial score (nSPS) is 12.4. The van der Waals surface area contributed by atoms with Crippen LogP contribution in [0.25, 0.3) is 0 Å². The molecule has 2 heterocycles. The van der Waals surface area contributed by atoms with Crippen LogP contribution in [-0.4, -0.2) is 21.4 Å². The lowest BCUT2D eigenvalue weighted by atomic mass is 10.2. The van der Waals surface area contributed by atoms with E-state index in [-0.39, 0.29) is 6.04 Å². The number of nitrogens with two attached hydrogens (primary N) is 1. The van der Waals surface area contributed by atoms with Crippen LogP contribution in [0, 0.1) is 4.77 Å². The maximum Gasteiger partial charge on any atom is 0.195 e. The molecule has 0 spiro atoms. The first kappa shape index (κ1) is 15.7. The van der Waals surface area contributed by atoms with Crippen LogP contribution < -0.4 is 5.73 Å². The van der Waals surface area contributed by atoms with Crippen LogP contribution in [0.1, 0.15) is 23.2 Å². The largest absolute Gasteiger partial charge is 0.467 e. The number of rotatable bonds is 7. The zero-order chi connectivity index (χ0) is 16.1. The maximum atomic E-state index is 6.20. The Kier molecular flexibility index (Phi) is 5.02. The van der Waals surface area contributed by atoms with Gasteiger partial charge >= 0.3 is 0 Å². The summed E-state index contributed by atoms with van der Waals surface area (Å²) in [5, 5.41) is 7.00. The average Bonchev–Trinajstić information content (AvgIpc) is 3.20.